The van der Waals surface area contributed by atoms with Crippen molar-refractivity contribution in [1.82, 2.24) is 14.7 Å². The fourth-order valence-electron chi connectivity index (χ4n) is 2.54. The summed E-state index contributed by atoms with van der Waals surface area (Å²) in [6.07, 6.45) is 2.74. The van der Waals surface area contributed by atoms with Crippen LogP contribution in [0.5, 0.6) is 0 Å². The Balaban J connectivity index is 2.21. The van der Waals surface area contributed by atoms with Gasteiger partial charge in [0.1, 0.15) is 0 Å². The van der Waals surface area contributed by atoms with Gasteiger partial charge in [-0.15, -0.1) is 0 Å². The molecule has 1 aromatic heterocycles. The lowest BCUT2D eigenvalue weighted by Gasteiger charge is -2.15. The number of hydrogen-bond donors (Lipinski definition) is 3. The van der Waals surface area contributed by atoms with Crippen molar-refractivity contribution in [2.75, 3.05) is 0 Å². The van der Waals surface area contributed by atoms with Crippen molar-refractivity contribution < 1.29 is 8.42 Å². The molecule has 2 aromatic rings. The maximum atomic E-state index is 12.5. The van der Waals surface area contributed by atoms with Crippen LogP contribution in [0.4, 0.5) is 0 Å². The van der Waals surface area contributed by atoms with Crippen LogP contribution in [-0.2, 0) is 10.0 Å². The maximum absolute atomic E-state index is 12.5. The molecule has 24 heavy (non-hydrogen) atoms. The van der Waals surface area contributed by atoms with Crippen LogP contribution < -0.4 is 16.0 Å². The molecule has 0 fully saturated rings. The van der Waals surface area contributed by atoms with Crippen molar-refractivity contribution in [1.29, 1.82) is 0 Å². The molecule has 1 unspecified atom stereocenters. The second kappa shape index (κ2) is 7.31. The van der Waals surface area contributed by atoms with E-state index in [-0.39, 0.29) is 16.3 Å². The van der Waals surface area contributed by atoms with E-state index in [9.17, 15) is 18.0 Å². The van der Waals surface area contributed by atoms with E-state index >= 15 is 0 Å². The van der Waals surface area contributed by atoms with E-state index in [1.165, 1.54) is 18.2 Å². The highest BCUT2D eigenvalue weighted by Crippen LogP contribution is 2.15. The SMILES string of the molecule is CC(C)CCCC(C)NS(=O)(=O)c1ccc2[nH]c(=O)[nH]c(=O)c2c1. The van der Waals surface area contributed by atoms with Crippen LogP contribution >= 0.6 is 0 Å². The van der Waals surface area contributed by atoms with E-state index in [0.29, 0.717) is 11.4 Å². The molecule has 0 saturated carbocycles. The quantitative estimate of drug-likeness (QED) is 0.703. The maximum Gasteiger partial charge on any atom is 0.326 e. The number of hydrogen-bond acceptors (Lipinski definition) is 4. The lowest BCUT2D eigenvalue weighted by Crippen LogP contribution is -2.32. The molecule has 1 heterocycles. The molecule has 0 bridgehead atoms. The molecule has 0 aliphatic carbocycles. The summed E-state index contributed by atoms with van der Waals surface area (Å²) in [5.74, 6) is 0.586. The average Bonchev–Trinajstić information content (AvgIpc) is 2.45. The molecule has 0 radical (unpaired) electrons. The Labute approximate surface area is 140 Å². The summed E-state index contributed by atoms with van der Waals surface area (Å²) in [5, 5.41) is 0.130. The number of sulfonamides is 1. The number of aromatic nitrogens is 2. The minimum atomic E-state index is -3.72. The zero-order chi connectivity index (χ0) is 17.9. The average molecular weight is 353 g/mol. The number of aromatic amines is 2. The Bertz CT molecular complexity index is 928. The molecular weight excluding hydrogens is 330 g/mol. The monoisotopic (exact) mass is 353 g/mol. The van der Waals surface area contributed by atoms with E-state index in [0.717, 1.165) is 19.3 Å². The van der Waals surface area contributed by atoms with Crippen LogP contribution in [0.2, 0.25) is 0 Å². The van der Waals surface area contributed by atoms with Crippen LogP contribution in [0.25, 0.3) is 10.9 Å². The normalized spacial score (nSPS) is 13.5. The molecule has 8 heteroatoms. The van der Waals surface area contributed by atoms with Crippen molar-refractivity contribution >= 4 is 20.9 Å². The summed E-state index contributed by atoms with van der Waals surface area (Å²) in [4.78, 5) is 27.6. The van der Waals surface area contributed by atoms with Crippen molar-refractivity contribution in [3.05, 3.63) is 39.0 Å². The van der Waals surface area contributed by atoms with Crippen molar-refractivity contribution in [2.24, 2.45) is 5.92 Å². The second-order valence-corrected chi connectivity index (χ2v) is 8.18. The first-order chi connectivity index (χ1) is 11.2. The first kappa shape index (κ1) is 18.4. The highest BCUT2D eigenvalue weighted by atomic mass is 32.2. The van der Waals surface area contributed by atoms with E-state index < -0.39 is 21.3 Å². The largest absolute Gasteiger partial charge is 0.326 e. The Hall–Kier alpha value is -1.93. The molecule has 132 valence electrons. The van der Waals surface area contributed by atoms with E-state index in [1.807, 2.05) is 6.92 Å². The van der Waals surface area contributed by atoms with E-state index in [2.05, 4.69) is 28.5 Å². The van der Waals surface area contributed by atoms with Gasteiger partial charge in [0.2, 0.25) is 10.0 Å². The second-order valence-electron chi connectivity index (χ2n) is 6.46. The van der Waals surface area contributed by atoms with Gasteiger partial charge in [0.15, 0.2) is 0 Å². The highest BCUT2D eigenvalue weighted by molar-refractivity contribution is 7.89. The molecule has 0 spiro atoms. The molecule has 0 saturated heterocycles. The fourth-order valence-corrected chi connectivity index (χ4v) is 3.84. The minimum absolute atomic E-state index is 0.00302. The van der Waals surface area contributed by atoms with Gasteiger partial charge in [-0.3, -0.25) is 9.78 Å². The molecule has 0 aliphatic rings. The van der Waals surface area contributed by atoms with Gasteiger partial charge in [-0.05, 0) is 37.5 Å². The van der Waals surface area contributed by atoms with Gasteiger partial charge in [-0.25, -0.2) is 17.9 Å². The van der Waals surface area contributed by atoms with Crippen LogP contribution in [0, 0.1) is 5.92 Å². The molecule has 1 atom stereocenters. The van der Waals surface area contributed by atoms with E-state index in [1.54, 1.807) is 0 Å². The standard InChI is InChI=1S/C16H23N3O4S/c1-10(2)5-4-6-11(3)19-24(22,23)12-7-8-14-13(9-12)15(20)18-16(21)17-14/h7-11,19H,4-6H2,1-3H3,(H2,17,18,20,21). The lowest BCUT2D eigenvalue weighted by molar-refractivity contribution is 0.488. The number of nitrogens with one attached hydrogen (secondary N) is 3. The Morgan fingerprint density at radius 2 is 1.79 bits per heavy atom. The molecule has 0 aliphatic heterocycles. The van der Waals surface area contributed by atoms with Gasteiger partial charge < -0.3 is 4.98 Å². The van der Waals surface area contributed by atoms with E-state index in [4.69, 9.17) is 0 Å². The summed E-state index contributed by atoms with van der Waals surface area (Å²) in [6, 6.07) is 3.87. The molecule has 1 aromatic carbocycles. The minimum Gasteiger partial charge on any atom is -0.307 e. The first-order valence-corrected chi connectivity index (χ1v) is 9.46. The zero-order valence-corrected chi connectivity index (χ0v) is 14.9. The van der Waals surface area contributed by atoms with Crippen molar-refractivity contribution in [3.8, 4) is 0 Å². The fraction of sp³-hybridized carbons (Fsp3) is 0.500. The van der Waals surface area contributed by atoms with Crippen LogP contribution in [0.3, 0.4) is 0 Å². The number of fused-ring (bicyclic) bond motifs is 1. The summed E-state index contributed by atoms with van der Waals surface area (Å²) in [5.41, 5.74) is -0.941. The highest BCUT2D eigenvalue weighted by Gasteiger charge is 2.18. The van der Waals surface area contributed by atoms with Crippen molar-refractivity contribution in [2.45, 2.75) is 51.0 Å². The molecule has 0 amide bonds. The van der Waals surface area contributed by atoms with Crippen LogP contribution in [-0.4, -0.2) is 24.4 Å². The number of benzene rings is 1. The van der Waals surface area contributed by atoms with Crippen LogP contribution in [0.15, 0.2) is 32.7 Å². The number of H-pyrrole nitrogens is 2. The Kier molecular flexibility index (Phi) is 5.61. The first-order valence-electron chi connectivity index (χ1n) is 7.98. The molecule has 7 nitrogen and oxygen atoms in total. The van der Waals surface area contributed by atoms with Gasteiger partial charge in [0, 0.05) is 6.04 Å². The lowest BCUT2D eigenvalue weighted by atomic mass is 10.0. The molecule has 3 N–H and O–H groups in total. The Morgan fingerprint density at radius 1 is 1.08 bits per heavy atom. The molecule has 2 rings (SSSR count). The summed E-state index contributed by atoms with van der Waals surface area (Å²) in [6.45, 7) is 6.08. The topological polar surface area (TPSA) is 112 Å². The van der Waals surface area contributed by atoms with Gasteiger partial charge in [0.25, 0.3) is 5.56 Å². The summed E-state index contributed by atoms with van der Waals surface area (Å²) < 4.78 is 27.6. The van der Waals surface area contributed by atoms with Crippen LogP contribution in [0.1, 0.15) is 40.0 Å². The number of rotatable bonds is 7. The zero-order valence-electron chi connectivity index (χ0n) is 14.0. The van der Waals surface area contributed by atoms with Crippen molar-refractivity contribution in [3.63, 3.8) is 0 Å². The summed E-state index contributed by atoms with van der Waals surface area (Å²) >= 11 is 0. The van der Waals surface area contributed by atoms with Gasteiger partial charge in [-0.1, -0.05) is 26.7 Å². The predicted octanol–water partition coefficient (Wildman–Crippen LogP) is 1.71. The predicted molar refractivity (Wildman–Crippen MR) is 93.7 cm³/mol. The third-order valence-corrected chi connectivity index (χ3v) is 5.38. The Morgan fingerprint density at radius 3 is 2.46 bits per heavy atom. The third kappa shape index (κ3) is 4.55. The van der Waals surface area contributed by atoms with Gasteiger partial charge >= 0.3 is 5.69 Å². The van der Waals surface area contributed by atoms with Gasteiger partial charge in [-0.2, -0.15) is 0 Å². The van der Waals surface area contributed by atoms with Gasteiger partial charge in [0.05, 0.1) is 15.8 Å². The smallest absolute Gasteiger partial charge is 0.307 e. The molecular formula is C16H23N3O4S. The third-order valence-electron chi connectivity index (χ3n) is 3.80. The summed E-state index contributed by atoms with van der Waals surface area (Å²) in [7, 11) is -3.72.